The zero-order chi connectivity index (χ0) is 18.4. The van der Waals surface area contributed by atoms with Crippen molar-refractivity contribution < 1.29 is 18.8 Å². The van der Waals surface area contributed by atoms with Crippen LogP contribution < -0.4 is 0 Å². The molecule has 2 N–H and O–H groups in total. The van der Waals surface area contributed by atoms with Crippen LogP contribution in [0, 0.1) is 0 Å². The maximum absolute atomic E-state index is 11.5. The summed E-state index contributed by atoms with van der Waals surface area (Å²) in [7, 11) is 0. The predicted molar refractivity (Wildman–Crippen MR) is 86.3 cm³/mol. The minimum absolute atomic E-state index is 0.293. The van der Waals surface area contributed by atoms with E-state index in [2.05, 4.69) is 18.8 Å². The van der Waals surface area contributed by atoms with E-state index in [1.54, 1.807) is 0 Å². The highest BCUT2D eigenvalue weighted by Crippen LogP contribution is 2.42. The number of fused-ring (bicyclic) bond motifs is 3. The van der Waals surface area contributed by atoms with E-state index < -0.39 is 18.4 Å². The molecule has 0 radical (unpaired) electrons. The number of aromatic amines is 1. The van der Waals surface area contributed by atoms with Gasteiger partial charge in [0, 0.05) is 15.0 Å². The number of rotatable bonds is 4. The van der Waals surface area contributed by atoms with Crippen LogP contribution in [0.3, 0.4) is 0 Å². The minimum Gasteiger partial charge on any atom is -0.481 e. The monoisotopic (exact) mass is 304 g/mol. The van der Waals surface area contributed by atoms with Crippen molar-refractivity contribution in [3.05, 3.63) is 35.0 Å². The summed E-state index contributed by atoms with van der Waals surface area (Å²) in [6, 6.07) is 6.03. The number of para-hydroxylation sites is 1. The molecule has 0 bridgehead atoms. The average molecular weight is 304 g/mol. The van der Waals surface area contributed by atoms with Gasteiger partial charge in [-0.1, -0.05) is 38.9 Å². The van der Waals surface area contributed by atoms with Crippen LogP contribution in [-0.4, -0.2) is 22.7 Å². The summed E-state index contributed by atoms with van der Waals surface area (Å²) in [5, 5.41) is 10.4. The number of hydrogen-bond donors (Lipinski definition) is 2. The van der Waals surface area contributed by atoms with E-state index in [0.29, 0.717) is 24.6 Å². The molecule has 2 aromatic rings. The first-order valence-corrected chi connectivity index (χ1v) is 7.63. The van der Waals surface area contributed by atoms with Gasteiger partial charge in [0.2, 0.25) is 0 Å². The number of nitrogens with one attached hydrogen (secondary N) is 1. The predicted octanol–water partition coefficient (Wildman–Crippen LogP) is 3.94. The maximum Gasteiger partial charge on any atom is 0.306 e. The Balaban J connectivity index is 2.24. The molecule has 1 aromatic heterocycles. The number of benzene rings is 1. The van der Waals surface area contributed by atoms with Crippen molar-refractivity contribution in [1.29, 1.82) is 0 Å². The lowest BCUT2D eigenvalue weighted by molar-refractivity contribution is -0.148. The average Bonchev–Trinajstić information content (AvgIpc) is 2.85. The molecular formula is C18H23NO3. The molecule has 1 unspecified atom stereocenters. The molecule has 0 fully saturated rings. The van der Waals surface area contributed by atoms with E-state index in [-0.39, 0.29) is 12.8 Å². The van der Waals surface area contributed by atoms with Crippen molar-refractivity contribution in [2.45, 2.75) is 51.5 Å². The molecule has 3 rings (SSSR count). The Morgan fingerprint density at radius 1 is 1.55 bits per heavy atom. The molecule has 1 atom stereocenters. The third kappa shape index (κ3) is 2.22. The maximum atomic E-state index is 11.5. The molecule has 1 aromatic carbocycles. The standard InChI is InChI=1S/C18H23NO3/c1-4-18(10-15(20)21)17-14(8-9-22-18)13-7-5-6-12(11(2)3)16(13)19-17/h5-7,11,19H,4,8-10H2,1-3H3,(H,20,21)/i1D3. The Labute approximate surface area is 134 Å². The number of aromatic nitrogens is 1. The molecular weight excluding hydrogens is 278 g/mol. The first-order chi connectivity index (χ1) is 11.6. The van der Waals surface area contributed by atoms with Gasteiger partial charge in [-0.15, -0.1) is 0 Å². The molecule has 4 heteroatoms. The molecule has 0 aliphatic carbocycles. The number of carboxylic acid groups (broad SMARTS) is 1. The molecule has 0 amide bonds. The smallest absolute Gasteiger partial charge is 0.306 e. The van der Waals surface area contributed by atoms with E-state index in [0.717, 1.165) is 22.0 Å². The topological polar surface area (TPSA) is 62.3 Å². The van der Waals surface area contributed by atoms with Gasteiger partial charge in [-0.25, -0.2) is 0 Å². The second-order valence-electron chi connectivity index (χ2n) is 6.24. The Morgan fingerprint density at radius 3 is 3.05 bits per heavy atom. The molecule has 22 heavy (non-hydrogen) atoms. The number of ether oxygens (including phenoxy) is 1. The second kappa shape index (κ2) is 5.43. The number of carbonyl (C=O) groups is 1. The van der Waals surface area contributed by atoms with Gasteiger partial charge in [0.15, 0.2) is 0 Å². The van der Waals surface area contributed by atoms with E-state index in [4.69, 9.17) is 8.85 Å². The van der Waals surface area contributed by atoms with Crippen LogP contribution in [0.1, 0.15) is 60.4 Å². The van der Waals surface area contributed by atoms with E-state index >= 15 is 0 Å². The molecule has 0 saturated carbocycles. The van der Waals surface area contributed by atoms with Gasteiger partial charge in [-0.3, -0.25) is 4.79 Å². The minimum atomic E-state index is -2.29. The number of hydrogen-bond acceptors (Lipinski definition) is 2. The van der Waals surface area contributed by atoms with Crippen LogP contribution in [0.15, 0.2) is 18.2 Å². The highest BCUT2D eigenvalue weighted by atomic mass is 16.5. The van der Waals surface area contributed by atoms with Crippen molar-refractivity contribution in [3.8, 4) is 0 Å². The Morgan fingerprint density at radius 2 is 2.36 bits per heavy atom. The first-order valence-electron chi connectivity index (χ1n) is 9.13. The zero-order valence-corrected chi connectivity index (χ0v) is 12.9. The zero-order valence-electron chi connectivity index (χ0n) is 15.9. The van der Waals surface area contributed by atoms with Crippen LogP contribution in [0.2, 0.25) is 0 Å². The third-order valence-electron chi connectivity index (χ3n) is 4.50. The van der Waals surface area contributed by atoms with Crippen LogP contribution in [0.25, 0.3) is 10.9 Å². The lowest BCUT2D eigenvalue weighted by atomic mass is 9.86. The van der Waals surface area contributed by atoms with Crippen molar-refractivity contribution in [3.63, 3.8) is 0 Å². The summed E-state index contributed by atoms with van der Waals surface area (Å²) in [5.41, 5.74) is 2.32. The fourth-order valence-electron chi connectivity index (χ4n) is 3.43. The van der Waals surface area contributed by atoms with Gasteiger partial charge in [-0.05, 0) is 29.9 Å². The lowest BCUT2D eigenvalue weighted by Crippen LogP contribution is -2.37. The second-order valence-corrected chi connectivity index (χ2v) is 6.24. The van der Waals surface area contributed by atoms with Gasteiger partial charge < -0.3 is 14.8 Å². The lowest BCUT2D eigenvalue weighted by Gasteiger charge is -2.35. The van der Waals surface area contributed by atoms with Crippen molar-refractivity contribution in [1.82, 2.24) is 4.98 Å². The Bertz CT molecular complexity index is 810. The molecule has 1 aliphatic rings. The van der Waals surface area contributed by atoms with Crippen LogP contribution >= 0.6 is 0 Å². The number of carboxylic acids is 1. The number of H-pyrrole nitrogens is 1. The van der Waals surface area contributed by atoms with Gasteiger partial charge >= 0.3 is 5.97 Å². The number of aliphatic carboxylic acids is 1. The van der Waals surface area contributed by atoms with Crippen LogP contribution in [0.4, 0.5) is 0 Å². The molecule has 0 spiro atoms. The van der Waals surface area contributed by atoms with E-state index in [9.17, 15) is 9.90 Å². The quantitative estimate of drug-likeness (QED) is 0.899. The van der Waals surface area contributed by atoms with Crippen molar-refractivity contribution >= 4 is 16.9 Å². The van der Waals surface area contributed by atoms with E-state index in [1.165, 1.54) is 0 Å². The largest absolute Gasteiger partial charge is 0.481 e. The fourth-order valence-corrected chi connectivity index (χ4v) is 3.43. The summed E-state index contributed by atoms with van der Waals surface area (Å²) in [5.74, 6) is -0.777. The Hall–Kier alpha value is -1.81. The summed E-state index contributed by atoms with van der Waals surface area (Å²) in [6.07, 6.45) is -0.0649. The van der Waals surface area contributed by atoms with Gasteiger partial charge in [-0.2, -0.15) is 0 Å². The van der Waals surface area contributed by atoms with E-state index in [1.807, 2.05) is 18.2 Å². The highest BCUT2D eigenvalue weighted by Gasteiger charge is 2.41. The molecule has 1 aliphatic heterocycles. The SMILES string of the molecule is [2H]C([2H])([2H])CC1(CC(=O)O)OCCc2c1[nH]c1c(C(C)C)cccc21. The van der Waals surface area contributed by atoms with Crippen molar-refractivity contribution in [2.75, 3.05) is 6.61 Å². The molecule has 0 saturated heterocycles. The first kappa shape index (κ1) is 11.7. The van der Waals surface area contributed by atoms with Crippen LogP contribution in [-0.2, 0) is 21.6 Å². The Kier molecular flexibility index (Phi) is 2.89. The third-order valence-corrected chi connectivity index (χ3v) is 4.50. The molecule has 4 nitrogen and oxygen atoms in total. The summed E-state index contributed by atoms with van der Waals surface area (Å²) in [4.78, 5) is 14.8. The highest BCUT2D eigenvalue weighted by molar-refractivity contribution is 5.88. The van der Waals surface area contributed by atoms with Crippen molar-refractivity contribution in [2.24, 2.45) is 0 Å². The summed E-state index contributed by atoms with van der Waals surface area (Å²) in [6.45, 7) is 2.22. The van der Waals surface area contributed by atoms with Gasteiger partial charge in [0.05, 0.1) is 18.7 Å². The summed E-state index contributed by atoms with van der Waals surface area (Å²) < 4.78 is 28.8. The van der Waals surface area contributed by atoms with Crippen LogP contribution in [0.5, 0.6) is 0 Å². The fraction of sp³-hybridized carbons (Fsp3) is 0.500. The van der Waals surface area contributed by atoms with Gasteiger partial charge in [0.25, 0.3) is 0 Å². The van der Waals surface area contributed by atoms with Gasteiger partial charge in [0.1, 0.15) is 5.60 Å². The molecule has 2 heterocycles. The summed E-state index contributed by atoms with van der Waals surface area (Å²) >= 11 is 0. The normalized spacial score (nSPS) is 23.9. The molecule has 118 valence electrons.